The van der Waals surface area contributed by atoms with Crippen molar-refractivity contribution in [1.29, 1.82) is 0 Å². The van der Waals surface area contributed by atoms with E-state index < -0.39 is 11.3 Å². The summed E-state index contributed by atoms with van der Waals surface area (Å²) in [6.45, 7) is 0. The summed E-state index contributed by atoms with van der Waals surface area (Å²) in [5, 5.41) is 1.67. The summed E-state index contributed by atoms with van der Waals surface area (Å²) >= 11 is 6.03. The highest BCUT2D eigenvalue weighted by Gasteiger charge is 2.18. The van der Waals surface area contributed by atoms with Crippen molar-refractivity contribution >= 4 is 23.2 Å². The molecule has 5 heteroatoms. The first-order valence-corrected chi connectivity index (χ1v) is 5.79. The Labute approximate surface area is 109 Å². The van der Waals surface area contributed by atoms with Crippen LogP contribution in [0.4, 0.5) is 5.69 Å². The first-order chi connectivity index (χ1) is 8.68. The van der Waals surface area contributed by atoms with E-state index in [4.69, 9.17) is 11.6 Å². The fourth-order valence-electron chi connectivity index (χ4n) is 1.49. The van der Waals surface area contributed by atoms with Crippen LogP contribution in [0.1, 0.15) is 10.9 Å². The Balaban J connectivity index is 2.14. The standard InChI is InChI=1S/C13H11ClN2O2/c14-11(9-5-2-1-3-6-9)13(18)16-10-7-4-8-15-12(10)17/h1-8,11H,(H,15,17)(H,16,18). The van der Waals surface area contributed by atoms with Crippen LogP contribution in [0, 0.1) is 0 Å². The Kier molecular flexibility index (Phi) is 3.79. The molecule has 1 atom stereocenters. The minimum Gasteiger partial charge on any atom is -0.327 e. The number of halogens is 1. The highest BCUT2D eigenvalue weighted by molar-refractivity contribution is 6.32. The number of rotatable bonds is 3. The highest BCUT2D eigenvalue weighted by atomic mass is 35.5. The van der Waals surface area contributed by atoms with Gasteiger partial charge in [0.2, 0.25) is 5.91 Å². The Morgan fingerprint density at radius 3 is 2.56 bits per heavy atom. The van der Waals surface area contributed by atoms with Gasteiger partial charge in [-0.1, -0.05) is 30.3 Å². The average molecular weight is 263 g/mol. The van der Waals surface area contributed by atoms with Crippen molar-refractivity contribution in [1.82, 2.24) is 4.98 Å². The summed E-state index contributed by atoms with van der Waals surface area (Å²) in [6, 6.07) is 12.1. The fourth-order valence-corrected chi connectivity index (χ4v) is 1.69. The van der Waals surface area contributed by atoms with Crippen molar-refractivity contribution in [2.45, 2.75) is 5.38 Å². The summed E-state index contributed by atoms with van der Waals surface area (Å²) in [5.41, 5.74) is 0.510. The number of anilines is 1. The van der Waals surface area contributed by atoms with E-state index in [0.717, 1.165) is 0 Å². The van der Waals surface area contributed by atoms with Crippen molar-refractivity contribution in [3.05, 3.63) is 64.6 Å². The van der Waals surface area contributed by atoms with Crippen molar-refractivity contribution in [3.63, 3.8) is 0 Å². The summed E-state index contributed by atoms with van der Waals surface area (Å²) in [4.78, 5) is 25.7. The molecule has 2 rings (SSSR count). The number of alkyl halides is 1. The number of benzene rings is 1. The second-order valence-corrected chi connectivity index (χ2v) is 4.11. The molecule has 1 aromatic carbocycles. The predicted molar refractivity (Wildman–Crippen MR) is 70.7 cm³/mol. The maximum absolute atomic E-state index is 11.9. The maximum atomic E-state index is 11.9. The second kappa shape index (κ2) is 5.51. The summed E-state index contributed by atoms with van der Waals surface area (Å²) < 4.78 is 0. The van der Waals surface area contributed by atoms with Crippen LogP contribution in [0.3, 0.4) is 0 Å². The quantitative estimate of drug-likeness (QED) is 0.834. The molecule has 0 fully saturated rings. The lowest BCUT2D eigenvalue weighted by Crippen LogP contribution is -2.22. The van der Waals surface area contributed by atoms with Gasteiger partial charge >= 0.3 is 0 Å². The van der Waals surface area contributed by atoms with E-state index in [-0.39, 0.29) is 11.2 Å². The van der Waals surface area contributed by atoms with Crippen LogP contribution in [0.5, 0.6) is 0 Å². The van der Waals surface area contributed by atoms with Gasteiger partial charge in [-0.15, -0.1) is 11.6 Å². The van der Waals surface area contributed by atoms with E-state index in [0.29, 0.717) is 5.56 Å². The molecule has 0 saturated heterocycles. The molecule has 0 aliphatic heterocycles. The Morgan fingerprint density at radius 2 is 1.89 bits per heavy atom. The van der Waals surface area contributed by atoms with Crippen molar-refractivity contribution in [3.8, 4) is 0 Å². The van der Waals surface area contributed by atoms with Crippen LogP contribution < -0.4 is 10.9 Å². The predicted octanol–water partition coefficient (Wildman–Crippen LogP) is 2.29. The first-order valence-electron chi connectivity index (χ1n) is 5.36. The van der Waals surface area contributed by atoms with Gasteiger partial charge in [-0.25, -0.2) is 0 Å². The number of amides is 1. The zero-order valence-electron chi connectivity index (χ0n) is 9.39. The lowest BCUT2D eigenvalue weighted by atomic mass is 10.1. The third-order valence-electron chi connectivity index (χ3n) is 2.40. The first kappa shape index (κ1) is 12.4. The number of carbonyl (C=O) groups excluding carboxylic acids is 1. The lowest BCUT2D eigenvalue weighted by Gasteiger charge is -2.09. The van der Waals surface area contributed by atoms with Crippen LogP contribution in [0.15, 0.2) is 53.5 Å². The Bertz CT molecular complexity index is 595. The van der Waals surface area contributed by atoms with Gasteiger partial charge in [-0.3, -0.25) is 9.59 Å². The monoisotopic (exact) mass is 262 g/mol. The van der Waals surface area contributed by atoms with Crippen molar-refractivity contribution < 1.29 is 4.79 Å². The molecular weight excluding hydrogens is 252 g/mol. The lowest BCUT2D eigenvalue weighted by molar-refractivity contribution is -0.116. The molecule has 0 saturated carbocycles. The molecule has 0 spiro atoms. The minimum atomic E-state index is -0.828. The number of H-pyrrole nitrogens is 1. The van der Waals surface area contributed by atoms with Crippen molar-refractivity contribution in [2.24, 2.45) is 0 Å². The molecule has 2 aromatic rings. The molecule has 2 N–H and O–H groups in total. The van der Waals surface area contributed by atoms with Crippen LogP contribution in [0.2, 0.25) is 0 Å². The van der Waals surface area contributed by atoms with Gasteiger partial charge < -0.3 is 10.3 Å². The van der Waals surface area contributed by atoms with E-state index in [2.05, 4.69) is 10.3 Å². The number of hydrogen-bond acceptors (Lipinski definition) is 2. The third kappa shape index (κ3) is 2.78. The largest absolute Gasteiger partial charge is 0.327 e. The van der Waals surface area contributed by atoms with Crippen LogP contribution >= 0.6 is 11.6 Å². The molecule has 0 aliphatic rings. The fraction of sp³-hybridized carbons (Fsp3) is 0.0769. The molecule has 0 bridgehead atoms. The molecule has 92 valence electrons. The smallest absolute Gasteiger partial charge is 0.271 e. The van der Waals surface area contributed by atoms with Gasteiger partial charge in [0.1, 0.15) is 11.1 Å². The zero-order valence-corrected chi connectivity index (χ0v) is 10.1. The van der Waals surface area contributed by atoms with Gasteiger partial charge in [0.05, 0.1) is 0 Å². The van der Waals surface area contributed by atoms with Gasteiger partial charge in [-0.2, -0.15) is 0 Å². The topological polar surface area (TPSA) is 62.0 Å². The summed E-state index contributed by atoms with van der Waals surface area (Å²) in [7, 11) is 0. The Morgan fingerprint density at radius 1 is 1.17 bits per heavy atom. The number of aromatic amines is 1. The molecule has 4 nitrogen and oxygen atoms in total. The molecule has 1 aromatic heterocycles. The second-order valence-electron chi connectivity index (χ2n) is 3.68. The normalized spacial score (nSPS) is 11.8. The number of hydrogen-bond donors (Lipinski definition) is 2. The third-order valence-corrected chi connectivity index (χ3v) is 2.85. The van der Waals surface area contributed by atoms with Crippen LogP contribution in [0.25, 0.3) is 0 Å². The molecule has 1 amide bonds. The molecule has 0 radical (unpaired) electrons. The SMILES string of the molecule is O=C(Nc1ccc[nH]c1=O)C(Cl)c1ccccc1. The van der Waals surface area contributed by atoms with Gasteiger partial charge in [0.15, 0.2) is 0 Å². The maximum Gasteiger partial charge on any atom is 0.271 e. The van der Waals surface area contributed by atoms with E-state index in [1.165, 1.54) is 12.3 Å². The minimum absolute atomic E-state index is 0.184. The molecule has 18 heavy (non-hydrogen) atoms. The number of nitrogens with one attached hydrogen (secondary N) is 2. The Hall–Kier alpha value is -2.07. The molecule has 1 heterocycles. The van der Waals surface area contributed by atoms with Crippen LogP contribution in [-0.2, 0) is 4.79 Å². The number of carbonyl (C=O) groups is 1. The van der Waals surface area contributed by atoms with E-state index in [1.54, 1.807) is 30.3 Å². The number of aromatic nitrogens is 1. The van der Waals surface area contributed by atoms with Gasteiger partial charge in [0.25, 0.3) is 5.56 Å². The van der Waals surface area contributed by atoms with Crippen molar-refractivity contribution in [2.75, 3.05) is 5.32 Å². The van der Waals surface area contributed by atoms with E-state index >= 15 is 0 Å². The van der Waals surface area contributed by atoms with E-state index in [9.17, 15) is 9.59 Å². The summed E-state index contributed by atoms with van der Waals surface area (Å²) in [5.74, 6) is -0.431. The summed E-state index contributed by atoms with van der Waals surface area (Å²) in [6.07, 6.45) is 1.49. The van der Waals surface area contributed by atoms with Crippen LogP contribution in [-0.4, -0.2) is 10.9 Å². The molecule has 0 aliphatic carbocycles. The number of pyridine rings is 1. The van der Waals surface area contributed by atoms with E-state index in [1.807, 2.05) is 6.07 Å². The molecule has 1 unspecified atom stereocenters. The highest BCUT2D eigenvalue weighted by Crippen LogP contribution is 2.21. The zero-order chi connectivity index (χ0) is 13.0. The van der Waals surface area contributed by atoms with Gasteiger partial charge in [0, 0.05) is 6.20 Å². The molecular formula is C13H11ClN2O2. The average Bonchev–Trinajstić information content (AvgIpc) is 2.41. The van der Waals surface area contributed by atoms with Gasteiger partial charge in [-0.05, 0) is 17.7 Å².